The number of nitrogens with zero attached hydrogens (tertiary/aromatic N) is 1. The molecule has 0 bridgehead atoms. The number of aliphatic hydroxyl groups is 1. The van der Waals surface area contributed by atoms with Gasteiger partial charge in [0.2, 0.25) is 0 Å². The van der Waals surface area contributed by atoms with E-state index < -0.39 is 5.60 Å². The molecule has 0 fully saturated rings. The fraction of sp³-hybridized carbons (Fsp3) is 0.700. The second kappa shape index (κ2) is 5.24. The summed E-state index contributed by atoms with van der Waals surface area (Å²) < 4.78 is 0.798. The average Bonchev–Trinajstić information content (AvgIpc) is 2.52. The maximum atomic E-state index is 10.5. The Kier molecular flexibility index (Phi) is 4.54. The van der Waals surface area contributed by atoms with Gasteiger partial charge in [-0.25, -0.2) is 4.98 Å². The maximum Gasteiger partial charge on any atom is 0.123 e. The van der Waals surface area contributed by atoms with Crippen LogP contribution in [0.3, 0.4) is 0 Å². The first-order chi connectivity index (χ1) is 6.64. The summed E-state index contributed by atoms with van der Waals surface area (Å²) in [4.78, 5) is 5.10. The summed E-state index contributed by atoms with van der Waals surface area (Å²) in [5.41, 5.74) is 1.10. The molecule has 1 aromatic heterocycles. The Balaban J connectivity index is 2.92. The predicted octanol–water partition coefficient (Wildman–Crippen LogP) is 3.69. The van der Waals surface area contributed by atoms with Crippen LogP contribution in [0, 0.1) is 0 Å². The van der Waals surface area contributed by atoms with Crippen molar-refractivity contribution in [3.63, 3.8) is 0 Å². The fourth-order valence-electron chi connectivity index (χ4n) is 1.71. The Labute approximate surface area is 97.5 Å². The number of rotatable bonds is 5. The standard InChI is InChI=1S/C10H16BrNOS/c1-3-5-10(13,6-4-2)8-9(11)12-7-14-8/h7,13H,3-6H2,1-2H3. The molecule has 2 nitrogen and oxygen atoms in total. The highest BCUT2D eigenvalue weighted by Crippen LogP contribution is 2.38. The molecule has 0 amide bonds. The molecule has 1 N–H and O–H groups in total. The summed E-state index contributed by atoms with van der Waals surface area (Å²) in [6.45, 7) is 4.19. The van der Waals surface area contributed by atoms with Crippen LogP contribution in [0.2, 0.25) is 0 Å². The van der Waals surface area contributed by atoms with Crippen LogP contribution in [0.15, 0.2) is 10.1 Å². The second-order valence-corrected chi connectivity index (χ2v) is 5.11. The lowest BCUT2D eigenvalue weighted by atomic mass is 9.91. The van der Waals surface area contributed by atoms with Crippen LogP contribution < -0.4 is 0 Å². The predicted molar refractivity (Wildman–Crippen MR) is 63.5 cm³/mol. The van der Waals surface area contributed by atoms with Crippen LogP contribution in [-0.4, -0.2) is 10.1 Å². The van der Waals surface area contributed by atoms with Crippen molar-refractivity contribution in [2.45, 2.75) is 45.1 Å². The van der Waals surface area contributed by atoms with Gasteiger partial charge in [-0.15, -0.1) is 11.3 Å². The summed E-state index contributed by atoms with van der Waals surface area (Å²) >= 11 is 4.91. The largest absolute Gasteiger partial charge is 0.384 e. The van der Waals surface area contributed by atoms with Gasteiger partial charge in [-0.05, 0) is 28.8 Å². The van der Waals surface area contributed by atoms with E-state index in [4.69, 9.17) is 0 Å². The normalized spacial score (nSPS) is 12.0. The topological polar surface area (TPSA) is 33.1 Å². The molecule has 0 aliphatic rings. The SMILES string of the molecule is CCCC(O)(CCC)c1scnc1Br. The van der Waals surface area contributed by atoms with Crippen LogP contribution in [0.1, 0.15) is 44.4 Å². The number of thiazole rings is 1. The molecule has 0 aliphatic carbocycles. The number of aromatic nitrogens is 1. The highest BCUT2D eigenvalue weighted by molar-refractivity contribution is 9.10. The number of hydrogen-bond donors (Lipinski definition) is 1. The first-order valence-corrected chi connectivity index (χ1v) is 6.63. The minimum atomic E-state index is -0.677. The number of hydrogen-bond acceptors (Lipinski definition) is 3. The molecule has 0 radical (unpaired) electrons. The molecule has 0 spiro atoms. The molecule has 0 saturated heterocycles. The molecular weight excluding hydrogens is 262 g/mol. The second-order valence-electron chi connectivity index (χ2n) is 3.50. The Hall–Kier alpha value is 0.0700. The molecule has 0 atom stereocenters. The molecular formula is C10H16BrNOS. The summed E-state index contributed by atoms with van der Waals surface area (Å²) in [6.07, 6.45) is 3.59. The van der Waals surface area contributed by atoms with E-state index in [0.717, 1.165) is 35.2 Å². The first-order valence-electron chi connectivity index (χ1n) is 4.96. The maximum absolute atomic E-state index is 10.5. The van der Waals surface area contributed by atoms with Crippen LogP contribution in [0.4, 0.5) is 0 Å². The van der Waals surface area contributed by atoms with E-state index >= 15 is 0 Å². The third kappa shape index (κ3) is 2.55. The third-order valence-electron chi connectivity index (χ3n) is 2.27. The van der Waals surface area contributed by atoms with Gasteiger partial charge >= 0.3 is 0 Å². The van der Waals surface area contributed by atoms with Gasteiger partial charge in [-0.3, -0.25) is 0 Å². The Morgan fingerprint density at radius 2 is 2.00 bits per heavy atom. The van der Waals surface area contributed by atoms with Gasteiger partial charge in [-0.2, -0.15) is 0 Å². The quantitative estimate of drug-likeness (QED) is 0.891. The summed E-state index contributed by atoms with van der Waals surface area (Å²) in [5, 5.41) is 10.5. The van der Waals surface area contributed by atoms with Crippen LogP contribution in [0.25, 0.3) is 0 Å². The molecule has 4 heteroatoms. The molecule has 0 aliphatic heterocycles. The molecule has 1 heterocycles. The monoisotopic (exact) mass is 277 g/mol. The van der Waals surface area contributed by atoms with E-state index in [1.165, 1.54) is 11.3 Å². The van der Waals surface area contributed by atoms with Crippen LogP contribution >= 0.6 is 27.3 Å². The van der Waals surface area contributed by atoms with Gasteiger partial charge in [0.1, 0.15) is 10.2 Å². The smallest absolute Gasteiger partial charge is 0.123 e. The molecule has 0 unspecified atom stereocenters. The molecule has 1 aromatic rings. The summed E-state index contributed by atoms with van der Waals surface area (Å²) in [7, 11) is 0. The van der Waals surface area contributed by atoms with E-state index in [2.05, 4.69) is 34.8 Å². The van der Waals surface area contributed by atoms with E-state index in [1.54, 1.807) is 5.51 Å². The molecule has 0 aromatic carbocycles. The highest BCUT2D eigenvalue weighted by atomic mass is 79.9. The van der Waals surface area contributed by atoms with Crippen molar-refractivity contribution in [3.05, 3.63) is 15.0 Å². The van der Waals surface area contributed by atoms with E-state index in [0.29, 0.717) is 0 Å². The van der Waals surface area contributed by atoms with Gasteiger partial charge in [0, 0.05) is 0 Å². The van der Waals surface area contributed by atoms with E-state index in [9.17, 15) is 5.11 Å². The minimum Gasteiger partial charge on any atom is -0.384 e. The summed E-state index contributed by atoms with van der Waals surface area (Å²) in [6, 6.07) is 0. The van der Waals surface area contributed by atoms with E-state index in [1.807, 2.05) is 0 Å². The minimum absolute atomic E-state index is 0.677. The Morgan fingerprint density at radius 1 is 1.43 bits per heavy atom. The molecule has 0 saturated carbocycles. The molecule has 1 rings (SSSR count). The Bertz CT molecular complexity index is 281. The van der Waals surface area contributed by atoms with Gasteiger partial charge in [0.05, 0.1) is 10.4 Å². The third-order valence-corrected chi connectivity index (χ3v) is 4.16. The zero-order valence-electron chi connectivity index (χ0n) is 8.59. The Morgan fingerprint density at radius 3 is 2.36 bits per heavy atom. The zero-order valence-corrected chi connectivity index (χ0v) is 11.0. The van der Waals surface area contributed by atoms with Crippen molar-refractivity contribution < 1.29 is 5.11 Å². The average molecular weight is 278 g/mol. The van der Waals surface area contributed by atoms with Crippen molar-refractivity contribution in [1.82, 2.24) is 4.98 Å². The van der Waals surface area contributed by atoms with Gasteiger partial charge in [0.25, 0.3) is 0 Å². The van der Waals surface area contributed by atoms with Gasteiger partial charge in [0.15, 0.2) is 0 Å². The van der Waals surface area contributed by atoms with Crippen molar-refractivity contribution in [3.8, 4) is 0 Å². The fourth-order valence-corrected chi connectivity index (χ4v) is 3.44. The lowest BCUT2D eigenvalue weighted by molar-refractivity contribution is 0.0197. The van der Waals surface area contributed by atoms with Crippen molar-refractivity contribution in [2.24, 2.45) is 0 Å². The highest BCUT2D eigenvalue weighted by Gasteiger charge is 2.31. The van der Waals surface area contributed by atoms with Gasteiger partial charge < -0.3 is 5.11 Å². The summed E-state index contributed by atoms with van der Waals surface area (Å²) in [5.74, 6) is 0. The first kappa shape index (κ1) is 12.1. The van der Waals surface area contributed by atoms with Crippen molar-refractivity contribution >= 4 is 27.3 Å². The van der Waals surface area contributed by atoms with Gasteiger partial charge in [-0.1, -0.05) is 26.7 Å². The molecule has 80 valence electrons. The van der Waals surface area contributed by atoms with Crippen molar-refractivity contribution in [1.29, 1.82) is 0 Å². The number of halogens is 1. The molecule has 14 heavy (non-hydrogen) atoms. The van der Waals surface area contributed by atoms with E-state index in [-0.39, 0.29) is 0 Å². The van der Waals surface area contributed by atoms with Crippen molar-refractivity contribution in [2.75, 3.05) is 0 Å². The van der Waals surface area contributed by atoms with Crippen LogP contribution in [-0.2, 0) is 5.60 Å². The lowest BCUT2D eigenvalue weighted by Gasteiger charge is -2.26. The lowest BCUT2D eigenvalue weighted by Crippen LogP contribution is -2.24. The van der Waals surface area contributed by atoms with Crippen LogP contribution in [0.5, 0.6) is 0 Å². The zero-order chi connectivity index (χ0) is 10.6.